The fourth-order valence-corrected chi connectivity index (χ4v) is 3.05. The third-order valence-electron chi connectivity index (χ3n) is 4.39. The average Bonchev–Trinajstić information content (AvgIpc) is 3.05. The van der Waals surface area contributed by atoms with Crippen molar-refractivity contribution < 1.29 is 9.90 Å². The SMILES string of the molecule is O=C(O)CCCN1CCN(Cc2cnn(-c3ccccc3)c2)CC1. The van der Waals surface area contributed by atoms with Crippen molar-refractivity contribution in [2.45, 2.75) is 19.4 Å². The average molecular weight is 328 g/mol. The summed E-state index contributed by atoms with van der Waals surface area (Å²) < 4.78 is 1.91. The first-order valence-electron chi connectivity index (χ1n) is 8.46. The lowest BCUT2D eigenvalue weighted by atomic mass is 10.2. The molecule has 6 heteroatoms. The summed E-state index contributed by atoms with van der Waals surface area (Å²) in [5.74, 6) is -0.705. The number of rotatable bonds is 7. The van der Waals surface area contributed by atoms with Crippen molar-refractivity contribution in [1.29, 1.82) is 0 Å². The standard InChI is InChI=1S/C18H24N4O2/c23-18(24)7-4-8-20-9-11-21(12-10-20)14-16-13-19-22(15-16)17-5-2-1-3-6-17/h1-3,5-6,13,15H,4,7-12,14H2,(H,23,24). The second-order valence-corrected chi connectivity index (χ2v) is 6.24. The van der Waals surface area contributed by atoms with Crippen LogP contribution in [-0.2, 0) is 11.3 Å². The van der Waals surface area contributed by atoms with Crippen LogP contribution in [0.25, 0.3) is 5.69 Å². The lowest BCUT2D eigenvalue weighted by Gasteiger charge is -2.34. The molecule has 1 aliphatic rings. The molecule has 2 aromatic rings. The molecule has 2 heterocycles. The summed E-state index contributed by atoms with van der Waals surface area (Å²) in [4.78, 5) is 15.4. The molecule has 0 spiro atoms. The van der Waals surface area contributed by atoms with Gasteiger partial charge in [-0.15, -0.1) is 0 Å². The maximum atomic E-state index is 10.6. The number of para-hydroxylation sites is 1. The van der Waals surface area contributed by atoms with Crippen LogP contribution in [0, 0.1) is 0 Å². The van der Waals surface area contributed by atoms with Crippen LogP contribution in [0.4, 0.5) is 0 Å². The first kappa shape index (κ1) is 16.7. The number of piperazine rings is 1. The first-order chi connectivity index (χ1) is 11.7. The monoisotopic (exact) mass is 328 g/mol. The Balaban J connectivity index is 1.45. The van der Waals surface area contributed by atoms with E-state index < -0.39 is 5.97 Å². The van der Waals surface area contributed by atoms with Crippen molar-refractivity contribution in [2.75, 3.05) is 32.7 Å². The number of aliphatic carboxylic acids is 1. The van der Waals surface area contributed by atoms with Gasteiger partial charge in [0.15, 0.2) is 0 Å². The van der Waals surface area contributed by atoms with Crippen LogP contribution in [0.3, 0.4) is 0 Å². The molecule has 0 aliphatic carbocycles. The van der Waals surface area contributed by atoms with Crippen molar-refractivity contribution in [1.82, 2.24) is 19.6 Å². The molecule has 1 fully saturated rings. The molecule has 1 N–H and O–H groups in total. The van der Waals surface area contributed by atoms with Gasteiger partial charge in [-0.05, 0) is 25.1 Å². The van der Waals surface area contributed by atoms with Crippen LogP contribution < -0.4 is 0 Å². The molecule has 1 aromatic carbocycles. The Bertz CT molecular complexity index is 648. The second kappa shape index (κ2) is 8.08. The van der Waals surface area contributed by atoms with Gasteiger partial charge in [-0.2, -0.15) is 5.10 Å². The Morgan fingerprint density at radius 3 is 2.50 bits per heavy atom. The van der Waals surface area contributed by atoms with E-state index in [1.165, 1.54) is 5.56 Å². The fourth-order valence-electron chi connectivity index (χ4n) is 3.05. The summed E-state index contributed by atoms with van der Waals surface area (Å²) in [6.07, 6.45) is 5.03. The van der Waals surface area contributed by atoms with Gasteiger partial charge in [0.1, 0.15) is 0 Å². The van der Waals surface area contributed by atoms with Crippen molar-refractivity contribution >= 4 is 5.97 Å². The predicted octanol–water partition coefficient (Wildman–Crippen LogP) is 1.85. The van der Waals surface area contributed by atoms with Gasteiger partial charge in [0.2, 0.25) is 0 Å². The quantitative estimate of drug-likeness (QED) is 0.840. The van der Waals surface area contributed by atoms with E-state index in [-0.39, 0.29) is 6.42 Å². The van der Waals surface area contributed by atoms with Crippen molar-refractivity contribution in [3.63, 3.8) is 0 Å². The van der Waals surface area contributed by atoms with Crippen LogP contribution in [0.15, 0.2) is 42.7 Å². The summed E-state index contributed by atoms with van der Waals surface area (Å²) in [5, 5.41) is 13.1. The van der Waals surface area contributed by atoms with Crippen LogP contribution in [0.5, 0.6) is 0 Å². The lowest BCUT2D eigenvalue weighted by Crippen LogP contribution is -2.46. The van der Waals surface area contributed by atoms with E-state index in [2.05, 4.69) is 21.1 Å². The van der Waals surface area contributed by atoms with Crippen molar-refractivity contribution in [2.24, 2.45) is 0 Å². The van der Waals surface area contributed by atoms with Gasteiger partial charge < -0.3 is 10.0 Å². The van der Waals surface area contributed by atoms with Gasteiger partial charge in [0, 0.05) is 50.9 Å². The van der Waals surface area contributed by atoms with Crippen LogP contribution in [0.2, 0.25) is 0 Å². The zero-order valence-electron chi connectivity index (χ0n) is 13.8. The van der Waals surface area contributed by atoms with E-state index >= 15 is 0 Å². The highest BCUT2D eigenvalue weighted by Gasteiger charge is 2.17. The van der Waals surface area contributed by atoms with Gasteiger partial charge in [0.05, 0.1) is 11.9 Å². The number of carbonyl (C=O) groups is 1. The van der Waals surface area contributed by atoms with E-state index in [1.54, 1.807) is 0 Å². The number of nitrogens with zero attached hydrogens (tertiary/aromatic N) is 4. The smallest absolute Gasteiger partial charge is 0.303 e. The van der Waals surface area contributed by atoms with E-state index in [9.17, 15) is 4.79 Å². The molecule has 6 nitrogen and oxygen atoms in total. The normalized spacial score (nSPS) is 16.3. The minimum Gasteiger partial charge on any atom is -0.481 e. The number of carboxylic acids is 1. The molecule has 1 aromatic heterocycles. The molecule has 0 radical (unpaired) electrons. The molecule has 3 rings (SSSR count). The maximum absolute atomic E-state index is 10.6. The third-order valence-corrected chi connectivity index (χ3v) is 4.39. The molecule has 1 aliphatic heterocycles. The van der Waals surface area contributed by atoms with E-state index in [1.807, 2.05) is 41.2 Å². The van der Waals surface area contributed by atoms with Crippen LogP contribution in [0.1, 0.15) is 18.4 Å². The lowest BCUT2D eigenvalue weighted by molar-refractivity contribution is -0.137. The van der Waals surface area contributed by atoms with Gasteiger partial charge in [-0.1, -0.05) is 18.2 Å². The van der Waals surface area contributed by atoms with Gasteiger partial charge in [-0.25, -0.2) is 4.68 Å². The summed E-state index contributed by atoms with van der Waals surface area (Å²) in [6.45, 7) is 5.84. The number of hydrogen-bond acceptors (Lipinski definition) is 4. The van der Waals surface area contributed by atoms with E-state index in [0.717, 1.165) is 51.4 Å². The van der Waals surface area contributed by atoms with Crippen LogP contribution >= 0.6 is 0 Å². The van der Waals surface area contributed by atoms with E-state index in [4.69, 9.17) is 5.11 Å². The molecular weight excluding hydrogens is 304 g/mol. The zero-order chi connectivity index (χ0) is 16.8. The minimum atomic E-state index is -0.705. The Kier molecular flexibility index (Phi) is 5.61. The van der Waals surface area contributed by atoms with Crippen LogP contribution in [-0.4, -0.2) is 63.4 Å². The number of benzene rings is 1. The highest BCUT2D eigenvalue weighted by atomic mass is 16.4. The molecule has 1 saturated heterocycles. The summed E-state index contributed by atoms with van der Waals surface area (Å²) in [5.41, 5.74) is 2.30. The molecule has 0 amide bonds. The number of hydrogen-bond donors (Lipinski definition) is 1. The first-order valence-corrected chi connectivity index (χ1v) is 8.46. The number of carboxylic acid groups (broad SMARTS) is 1. The Morgan fingerprint density at radius 1 is 1.08 bits per heavy atom. The maximum Gasteiger partial charge on any atom is 0.303 e. The zero-order valence-corrected chi connectivity index (χ0v) is 13.8. The van der Waals surface area contributed by atoms with Gasteiger partial charge in [-0.3, -0.25) is 9.69 Å². The summed E-state index contributed by atoms with van der Waals surface area (Å²) in [7, 11) is 0. The van der Waals surface area contributed by atoms with Crippen molar-refractivity contribution in [3.8, 4) is 5.69 Å². The Hall–Kier alpha value is -2.18. The highest BCUT2D eigenvalue weighted by molar-refractivity contribution is 5.66. The van der Waals surface area contributed by atoms with Gasteiger partial charge in [0.25, 0.3) is 0 Å². The summed E-state index contributed by atoms with van der Waals surface area (Å²) in [6, 6.07) is 10.1. The molecule has 0 saturated carbocycles. The molecule has 0 atom stereocenters. The molecule has 24 heavy (non-hydrogen) atoms. The predicted molar refractivity (Wildman–Crippen MR) is 92.2 cm³/mol. The van der Waals surface area contributed by atoms with Crippen molar-refractivity contribution in [3.05, 3.63) is 48.3 Å². The van der Waals surface area contributed by atoms with E-state index in [0.29, 0.717) is 0 Å². The largest absolute Gasteiger partial charge is 0.481 e. The Labute approximate surface area is 142 Å². The van der Waals surface area contributed by atoms with Gasteiger partial charge >= 0.3 is 5.97 Å². The minimum absolute atomic E-state index is 0.263. The topological polar surface area (TPSA) is 61.6 Å². The molecule has 0 bridgehead atoms. The molecule has 128 valence electrons. The Morgan fingerprint density at radius 2 is 1.79 bits per heavy atom. The molecular formula is C18H24N4O2. The summed E-state index contributed by atoms with van der Waals surface area (Å²) >= 11 is 0. The fraction of sp³-hybridized carbons (Fsp3) is 0.444. The molecule has 0 unspecified atom stereocenters. The number of aromatic nitrogens is 2. The highest BCUT2D eigenvalue weighted by Crippen LogP contribution is 2.11. The second-order valence-electron chi connectivity index (χ2n) is 6.24. The third kappa shape index (κ3) is 4.66.